The molecule has 6 rings (SSSR count). The van der Waals surface area contributed by atoms with E-state index in [0.29, 0.717) is 54.6 Å². The molecule has 3 aliphatic heterocycles. The fraction of sp³-hybridized carbons (Fsp3) is 0.667. The first-order valence-electron chi connectivity index (χ1n) is 18.8. The number of amides is 1. The van der Waals surface area contributed by atoms with E-state index in [1.807, 2.05) is 37.3 Å². The number of nitrogens with one attached hydrogen (secondary N) is 1. The molecule has 2 aromatic carbocycles. The maximum absolute atomic E-state index is 13.6. The highest BCUT2D eigenvalue weighted by Gasteiger charge is 2.44. The van der Waals surface area contributed by atoms with Gasteiger partial charge < -0.3 is 23.8 Å². The summed E-state index contributed by atoms with van der Waals surface area (Å²) in [5.74, 6) is 0.948. The molecule has 12 heteroatoms. The number of fused-ring (bicyclic) bond motifs is 3. The van der Waals surface area contributed by atoms with Crippen LogP contribution in [0.25, 0.3) is 0 Å². The quantitative estimate of drug-likeness (QED) is 0.378. The molecule has 1 saturated carbocycles. The number of carbonyl (C=O) groups is 1. The van der Waals surface area contributed by atoms with Gasteiger partial charge in [-0.1, -0.05) is 31.0 Å². The Morgan fingerprint density at radius 2 is 1.78 bits per heavy atom. The monoisotopic (exact) mass is 745 g/mol. The third kappa shape index (κ3) is 9.22. The van der Waals surface area contributed by atoms with Crippen LogP contribution < -0.4 is 14.4 Å². The summed E-state index contributed by atoms with van der Waals surface area (Å²) in [6, 6.07) is 11.4. The Morgan fingerprint density at radius 1 is 0.980 bits per heavy atom. The van der Waals surface area contributed by atoms with Crippen LogP contribution in [0.1, 0.15) is 80.3 Å². The van der Waals surface area contributed by atoms with E-state index in [0.717, 1.165) is 82.3 Å². The highest BCUT2D eigenvalue weighted by Crippen LogP contribution is 2.46. The third-order valence-electron chi connectivity index (χ3n) is 12.0. The van der Waals surface area contributed by atoms with E-state index < -0.39 is 21.2 Å². The molecule has 1 amide bonds. The molecule has 0 aromatic heterocycles. The van der Waals surface area contributed by atoms with Crippen LogP contribution >= 0.6 is 11.6 Å². The lowest BCUT2D eigenvalue weighted by Crippen LogP contribution is -2.51. The summed E-state index contributed by atoms with van der Waals surface area (Å²) >= 11 is 6.39. The number of sulfonamides is 1. The lowest BCUT2D eigenvalue weighted by molar-refractivity contribution is -0.242. The van der Waals surface area contributed by atoms with Crippen LogP contribution in [0.3, 0.4) is 0 Å². The van der Waals surface area contributed by atoms with Gasteiger partial charge in [0.05, 0.1) is 36.8 Å². The van der Waals surface area contributed by atoms with Crippen molar-refractivity contribution in [2.24, 2.45) is 23.7 Å². The summed E-state index contributed by atoms with van der Waals surface area (Å²) in [5.41, 5.74) is 3.40. The van der Waals surface area contributed by atoms with Crippen molar-refractivity contribution in [3.63, 3.8) is 0 Å². The number of hydrogen-bond acceptors (Lipinski definition) is 9. The second kappa shape index (κ2) is 17.2. The molecule has 1 aliphatic carbocycles. The van der Waals surface area contributed by atoms with Gasteiger partial charge in [0, 0.05) is 43.2 Å². The Balaban J connectivity index is 1.31. The first kappa shape index (κ1) is 38.3. The topological polar surface area (TPSA) is 107 Å². The number of ether oxygens (including phenoxy) is 4. The fourth-order valence-electron chi connectivity index (χ4n) is 8.22. The molecule has 1 N–H and O–H groups in total. The normalized spacial score (nSPS) is 30.5. The summed E-state index contributed by atoms with van der Waals surface area (Å²) in [5, 5.41) is -0.0161. The summed E-state index contributed by atoms with van der Waals surface area (Å²) in [6.45, 7) is 8.32. The van der Waals surface area contributed by atoms with Gasteiger partial charge in [-0.25, -0.2) is 13.1 Å². The first-order chi connectivity index (χ1) is 24.5. The summed E-state index contributed by atoms with van der Waals surface area (Å²) in [7, 11) is -0.118. The van der Waals surface area contributed by atoms with Crippen molar-refractivity contribution in [3.05, 3.63) is 58.1 Å². The SMILES string of the molecule is COCCN(C)[C@H]1CO[C@@H]([C@@H]2CCC[C@H](C)[C@@H](C)S(=O)(=O)NC(=O)c3ccc4c(c3)N(CCCCc3cc(Cl)ccc3CO4)C[C@@H]3CC[C@H]32)OC1. The number of carbonyl (C=O) groups excluding carboxylic acids is 1. The smallest absolute Gasteiger partial charge is 0.264 e. The van der Waals surface area contributed by atoms with Crippen molar-refractivity contribution < 1.29 is 32.2 Å². The second-order valence-corrected chi connectivity index (χ2v) is 17.7. The molecule has 0 spiro atoms. The van der Waals surface area contributed by atoms with Gasteiger partial charge >= 0.3 is 0 Å². The Hall–Kier alpha value is -2.41. The highest BCUT2D eigenvalue weighted by molar-refractivity contribution is 7.90. The minimum Gasteiger partial charge on any atom is -0.487 e. The molecule has 1 saturated heterocycles. The van der Waals surface area contributed by atoms with Gasteiger partial charge in [-0.2, -0.15) is 0 Å². The lowest BCUT2D eigenvalue weighted by atomic mass is 9.65. The number of rotatable bonds is 5. The summed E-state index contributed by atoms with van der Waals surface area (Å²) in [6.07, 6.45) is 7.22. The molecule has 3 heterocycles. The molecule has 2 bridgehead atoms. The number of anilines is 1. The van der Waals surface area contributed by atoms with Crippen LogP contribution in [0.4, 0.5) is 5.69 Å². The third-order valence-corrected chi connectivity index (χ3v) is 14.1. The number of methoxy groups -OCH3 is 1. The minimum absolute atomic E-state index is 0.137. The van der Waals surface area contributed by atoms with Crippen molar-refractivity contribution >= 4 is 33.2 Å². The average Bonchev–Trinajstić information content (AvgIpc) is 3.14. The second-order valence-electron chi connectivity index (χ2n) is 15.2. The maximum Gasteiger partial charge on any atom is 0.264 e. The Labute approximate surface area is 309 Å². The van der Waals surface area contributed by atoms with Gasteiger partial charge in [-0.3, -0.25) is 9.69 Å². The van der Waals surface area contributed by atoms with Crippen LogP contribution in [-0.2, 0) is 37.3 Å². The predicted molar refractivity (Wildman–Crippen MR) is 200 cm³/mol. The molecule has 4 aliphatic rings. The molecule has 2 fully saturated rings. The van der Waals surface area contributed by atoms with E-state index >= 15 is 0 Å². The molecule has 51 heavy (non-hydrogen) atoms. The van der Waals surface area contributed by atoms with Crippen molar-refractivity contribution in [1.82, 2.24) is 9.62 Å². The summed E-state index contributed by atoms with van der Waals surface area (Å²) in [4.78, 5) is 18.2. The number of nitrogens with zero attached hydrogens (tertiary/aromatic N) is 2. The molecule has 2 aromatic rings. The average molecular weight is 746 g/mol. The van der Waals surface area contributed by atoms with E-state index in [1.54, 1.807) is 20.1 Å². The molecular formula is C39H56ClN3O7S. The number of halogens is 1. The van der Waals surface area contributed by atoms with Crippen LogP contribution in [0, 0.1) is 23.7 Å². The van der Waals surface area contributed by atoms with Crippen molar-refractivity contribution in [2.75, 3.05) is 58.5 Å². The van der Waals surface area contributed by atoms with E-state index in [2.05, 4.69) is 21.6 Å². The molecule has 0 unspecified atom stereocenters. The van der Waals surface area contributed by atoms with E-state index in [9.17, 15) is 13.2 Å². The maximum atomic E-state index is 13.6. The summed E-state index contributed by atoms with van der Waals surface area (Å²) < 4.78 is 54.3. The van der Waals surface area contributed by atoms with Gasteiger partial charge in [0.1, 0.15) is 12.4 Å². The lowest BCUT2D eigenvalue weighted by Gasteiger charge is -2.48. The predicted octanol–water partition coefficient (Wildman–Crippen LogP) is 6.29. The number of likely N-dealkylation sites (N-methyl/N-ethyl adjacent to an activating group) is 1. The molecular weight excluding hydrogens is 690 g/mol. The van der Waals surface area contributed by atoms with E-state index in [1.165, 1.54) is 5.56 Å². The number of aryl methyl sites for hydroxylation is 1. The Morgan fingerprint density at radius 3 is 2.53 bits per heavy atom. The van der Waals surface area contributed by atoms with E-state index in [-0.39, 0.29) is 24.2 Å². The van der Waals surface area contributed by atoms with Crippen molar-refractivity contribution in [2.45, 2.75) is 89.4 Å². The molecule has 5 atom stereocenters. The Bertz CT molecular complexity index is 1600. The molecule has 0 radical (unpaired) electrons. The molecule has 10 nitrogen and oxygen atoms in total. The van der Waals surface area contributed by atoms with Crippen molar-refractivity contribution in [3.8, 4) is 5.75 Å². The largest absolute Gasteiger partial charge is 0.487 e. The zero-order chi connectivity index (χ0) is 36.1. The van der Waals surface area contributed by atoms with Crippen LogP contribution in [0.2, 0.25) is 5.02 Å². The standard InChI is InChI=1S/C39H56ClN3O7S/c1-26-8-7-10-35(39-49-24-33(25-50-39)42(3)18-19-47-4)34-15-12-30(34)22-43-17-6-5-9-28-20-32(40)14-11-31(28)23-48-37-16-13-29(21-36(37)43)38(44)41-51(45,46)27(26)2/h11,13-14,16,20-21,26-27,30,33-35,39H,5-10,12,15,17-19,22-25H2,1-4H3,(H,41,44)/t26-,27+,30-,33-,34+,35+,39+/m0/s1. The van der Waals surface area contributed by atoms with E-state index in [4.69, 9.17) is 30.5 Å². The van der Waals surface area contributed by atoms with Crippen LogP contribution in [0.5, 0.6) is 5.75 Å². The number of hydrogen-bond donors (Lipinski definition) is 1. The van der Waals surface area contributed by atoms with Crippen LogP contribution in [-0.4, -0.2) is 90.4 Å². The molecule has 282 valence electrons. The minimum atomic E-state index is -3.92. The zero-order valence-corrected chi connectivity index (χ0v) is 32.2. The highest BCUT2D eigenvalue weighted by atomic mass is 35.5. The van der Waals surface area contributed by atoms with Gasteiger partial charge in [0.15, 0.2) is 6.29 Å². The Kier molecular flexibility index (Phi) is 12.9. The van der Waals surface area contributed by atoms with Gasteiger partial charge in [-0.15, -0.1) is 0 Å². The van der Waals surface area contributed by atoms with Gasteiger partial charge in [0.2, 0.25) is 10.0 Å². The van der Waals surface area contributed by atoms with Gasteiger partial charge in [-0.05, 0) is 118 Å². The fourth-order valence-corrected chi connectivity index (χ4v) is 9.73. The zero-order valence-electron chi connectivity index (χ0n) is 30.7. The van der Waals surface area contributed by atoms with Crippen molar-refractivity contribution in [1.29, 1.82) is 0 Å². The van der Waals surface area contributed by atoms with Gasteiger partial charge in [0.25, 0.3) is 5.91 Å². The number of benzene rings is 2. The van der Waals surface area contributed by atoms with Crippen LogP contribution in [0.15, 0.2) is 36.4 Å². The first-order valence-corrected chi connectivity index (χ1v) is 20.7.